The minimum atomic E-state index is -3.86. The van der Waals surface area contributed by atoms with E-state index in [-0.39, 0.29) is 24.2 Å². The normalized spacial score (nSPS) is 15.1. The van der Waals surface area contributed by atoms with E-state index in [1.807, 2.05) is 0 Å². The molecule has 1 fully saturated rings. The van der Waals surface area contributed by atoms with Crippen molar-refractivity contribution in [2.45, 2.75) is 51.2 Å². The summed E-state index contributed by atoms with van der Waals surface area (Å²) in [6.45, 7) is 1.19. The molecule has 0 spiro atoms. The summed E-state index contributed by atoms with van der Waals surface area (Å²) >= 11 is 5.97. The van der Waals surface area contributed by atoms with Gasteiger partial charge in [-0.3, -0.25) is 13.9 Å². The molecule has 1 aliphatic rings. The lowest BCUT2D eigenvalue weighted by Gasteiger charge is -2.32. The van der Waals surface area contributed by atoms with Crippen LogP contribution in [0.15, 0.2) is 48.5 Å². The van der Waals surface area contributed by atoms with E-state index in [0.717, 1.165) is 53.9 Å². The Morgan fingerprint density at radius 2 is 1.68 bits per heavy atom. The van der Waals surface area contributed by atoms with Crippen molar-refractivity contribution < 1.29 is 22.4 Å². The first-order valence-corrected chi connectivity index (χ1v) is 13.3. The molecule has 1 saturated carbocycles. The Bertz CT molecular complexity index is 1100. The molecule has 2 aromatic carbocycles. The summed E-state index contributed by atoms with van der Waals surface area (Å²) in [5.41, 5.74) is 0.901. The number of nitrogens with one attached hydrogen (secondary N) is 1. The van der Waals surface area contributed by atoms with Crippen LogP contribution < -0.4 is 9.62 Å². The number of rotatable bonds is 9. The molecule has 0 aromatic heterocycles. The van der Waals surface area contributed by atoms with Gasteiger partial charge in [0.1, 0.15) is 18.4 Å². The number of nitrogens with zero attached hydrogens (tertiary/aromatic N) is 2. The minimum Gasteiger partial charge on any atom is -0.352 e. The van der Waals surface area contributed by atoms with Gasteiger partial charge in [0.25, 0.3) is 0 Å². The van der Waals surface area contributed by atoms with Crippen molar-refractivity contribution >= 4 is 39.1 Å². The SMILES string of the molecule is C[C@@H](C(=O)NC1CCCC1)N(Cc1ccc(Cl)cc1)C(=O)CN(c1ccc(F)cc1)S(C)(=O)=O. The Hall–Kier alpha value is -2.65. The van der Waals surface area contributed by atoms with E-state index in [2.05, 4.69) is 5.32 Å². The van der Waals surface area contributed by atoms with Gasteiger partial charge in [0.2, 0.25) is 21.8 Å². The monoisotopic (exact) mass is 509 g/mol. The quantitative estimate of drug-likeness (QED) is 0.558. The molecule has 0 bridgehead atoms. The lowest BCUT2D eigenvalue weighted by atomic mass is 10.1. The third-order valence-electron chi connectivity index (χ3n) is 5.93. The van der Waals surface area contributed by atoms with E-state index in [1.165, 1.54) is 17.0 Å². The fraction of sp³-hybridized carbons (Fsp3) is 0.417. The highest BCUT2D eigenvalue weighted by atomic mass is 35.5. The Kier molecular flexibility index (Phi) is 8.54. The molecule has 2 amide bonds. The van der Waals surface area contributed by atoms with Crippen LogP contribution >= 0.6 is 11.6 Å². The zero-order valence-corrected chi connectivity index (χ0v) is 20.8. The maximum atomic E-state index is 13.4. The first-order valence-electron chi connectivity index (χ1n) is 11.1. The molecule has 0 aliphatic heterocycles. The predicted molar refractivity (Wildman–Crippen MR) is 130 cm³/mol. The summed E-state index contributed by atoms with van der Waals surface area (Å²) in [4.78, 5) is 27.8. The van der Waals surface area contributed by atoms with E-state index in [1.54, 1.807) is 31.2 Å². The lowest BCUT2D eigenvalue weighted by molar-refractivity contribution is -0.139. The summed E-state index contributed by atoms with van der Waals surface area (Å²) in [5, 5.41) is 3.54. The second-order valence-electron chi connectivity index (χ2n) is 8.56. The van der Waals surface area contributed by atoms with Crippen LogP contribution in [0.3, 0.4) is 0 Å². The minimum absolute atomic E-state index is 0.0779. The van der Waals surface area contributed by atoms with Gasteiger partial charge in [0, 0.05) is 17.6 Å². The number of halogens is 2. The van der Waals surface area contributed by atoms with Crippen LogP contribution in [0.4, 0.5) is 10.1 Å². The molecule has 0 unspecified atom stereocenters. The molecule has 0 heterocycles. The first kappa shape index (κ1) is 26.0. The molecular formula is C24H29ClFN3O4S. The van der Waals surface area contributed by atoms with Gasteiger partial charge >= 0.3 is 0 Å². The number of sulfonamides is 1. The van der Waals surface area contributed by atoms with Gasteiger partial charge < -0.3 is 10.2 Å². The standard InChI is InChI=1S/C24H29ClFN3O4S/c1-17(24(31)27-21-5-3-4-6-21)28(15-18-7-9-19(25)10-8-18)23(30)16-29(34(2,32)33)22-13-11-20(26)12-14-22/h7-14,17,21H,3-6,15-16H2,1-2H3,(H,27,31)/t17-/m0/s1. The Morgan fingerprint density at radius 1 is 1.09 bits per heavy atom. The van der Waals surface area contributed by atoms with Crippen LogP contribution in [-0.4, -0.2) is 50.0 Å². The van der Waals surface area contributed by atoms with Crippen molar-refractivity contribution in [1.82, 2.24) is 10.2 Å². The van der Waals surface area contributed by atoms with Gasteiger partial charge in [-0.2, -0.15) is 0 Å². The summed E-state index contributed by atoms with van der Waals surface area (Å²) in [5.74, 6) is -1.37. The fourth-order valence-corrected chi connectivity index (χ4v) is 4.96. The van der Waals surface area contributed by atoms with Crippen LogP contribution in [0.1, 0.15) is 38.2 Å². The average molecular weight is 510 g/mol. The van der Waals surface area contributed by atoms with Crippen LogP contribution in [0.2, 0.25) is 5.02 Å². The van der Waals surface area contributed by atoms with Gasteiger partial charge in [-0.1, -0.05) is 36.6 Å². The smallest absolute Gasteiger partial charge is 0.244 e. The van der Waals surface area contributed by atoms with Gasteiger partial charge in [0.15, 0.2) is 0 Å². The third-order valence-corrected chi connectivity index (χ3v) is 7.32. The van der Waals surface area contributed by atoms with E-state index in [4.69, 9.17) is 11.6 Å². The number of amides is 2. The number of carbonyl (C=O) groups is 2. The number of benzene rings is 2. The van der Waals surface area contributed by atoms with Crippen molar-refractivity contribution in [3.05, 3.63) is 64.9 Å². The van der Waals surface area contributed by atoms with Crippen molar-refractivity contribution in [2.24, 2.45) is 0 Å². The molecular weight excluding hydrogens is 481 g/mol. The predicted octanol–water partition coefficient (Wildman–Crippen LogP) is 3.72. The Labute approximate surface area is 204 Å². The van der Waals surface area contributed by atoms with E-state index < -0.39 is 34.3 Å². The van der Waals surface area contributed by atoms with Crippen LogP contribution in [0.25, 0.3) is 0 Å². The number of hydrogen-bond acceptors (Lipinski definition) is 4. The summed E-state index contributed by atoms with van der Waals surface area (Å²) in [6, 6.07) is 11.0. The van der Waals surface area contributed by atoms with Crippen LogP contribution in [-0.2, 0) is 26.2 Å². The van der Waals surface area contributed by atoms with Gasteiger partial charge in [-0.05, 0) is 61.7 Å². The lowest BCUT2D eigenvalue weighted by Crippen LogP contribution is -2.52. The average Bonchev–Trinajstić information content (AvgIpc) is 3.29. The molecule has 1 N–H and O–H groups in total. The molecule has 0 radical (unpaired) electrons. The molecule has 3 rings (SSSR count). The molecule has 10 heteroatoms. The number of carbonyl (C=O) groups excluding carboxylic acids is 2. The topological polar surface area (TPSA) is 86.8 Å². The molecule has 7 nitrogen and oxygen atoms in total. The first-order chi connectivity index (χ1) is 16.0. The molecule has 34 heavy (non-hydrogen) atoms. The highest BCUT2D eigenvalue weighted by Gasteiger charge is 2.31. The van der Waals surface area contributed by atoms with Crippen molar-refractivity contribution in [3.8, 4) is 0 Å². The number of anilines is 1. The summed E-state index contributed by atoms with van der Waals surface area (Å²) < 4.78 is 39.2. The van der Waals surface area contributed by atoms with Crippen molar-refractivity contribution in [2.75, 3.05) is 17.1 Å². The number of hydrogen-bond donors (Lipinski definition) is 1. The van der Waals surface area contributed by atoms with Crippen molar-refractivity contribution in [3.63, 3.8) is 0 Å². The summed E-state index contributed by atoms with van der Waals surface area (Å²) in [7, 11) is -3.86. The maximum absolute atomic E-state index is 13.4. The Morgan fingerprint density at radius 3 is 2.24 bits per heavy atom. The fourth-order valence-electron chi connectivity index (χ4n) is 3.98. The highest BCUT2D eigenvalue weighted by Crippen LogP contribution is 2.21. The van der Waals surface area contributed by atoms with Crippen LogP contribution in [0, 0.1) is 5.82 Å². The van der Waals surface area contributed by atoms with Gasteiger partial charge in [0.05, 0.1) is 11.9 Å². The molecule has 184 valence electrons. The highest BCUT2D eigenvalue weighted by molar-refractivity contribution is 7.92. The second kappa shape index (κ2) is 11.2. The molecule has 2 aromatic rings. The van der Waals surface area contributed by atoms with Crippen LogP contribution in [0.5, 0.6) is 0 Å². The van der Waals surface area contributed by atoms with E-state index in [0.29, 0.717) is 5.02 Å². The van der Waals surface area contributed by atoms with Gasteiger partial charge in [-0.15, -0.1) is 0 Å². The third kappa shape index (κ3) is 6.93. The zero-order chi connectivity index (χ0) is 24.9. The molecule has 0 saturated heterocycles. The molecule has 1 atom stereocenters. The zero-order valence-electron chi connectivity index (χ0n) is 19.2. The Balaban J connectivity index is 1.86. The maximum Gasteiger partial charge on any atom is 0.244 e. The molecule has 1 aliphatic carbocycles. The van der Waals surface area contributed by atoms with Crippen molar-refractivity contribution in [1.29, 1.82) is 0 Å². The van der Waals surface area contributed by atoms with E-state index >= 15 is 0 Å². The largest absolute Gasteiger partial charge is 0.352 e. The summed E-state index contributed by atoms with van der Waals surface area (Å²) in [6.07, 6.45) is 4.87. The second-order valence-corrected chi connectivity index (χ2v) is 10.9. The van der Waals surface area contributed by atoms with E-state index in [9.17, 15) is 22.4 Å². The van der Waals surface area contributed by atoms with Gasteiger partial charge in [-0.25, -0.2) is 12.8 Å².